The first-order valence-electron chi connectivity index (χ1n) is 7.91. The van der Waals surface area contributed by atoms with E-state index in [2.05, 4.69) is 24.1 Å². The predicted molar refractivity (Wildman–Crippen MR) is 86.7 cm³/mol. The predicted octanol–water partition coefficient (Wildman–Crippen LogP) is 0.710. The lowest BCUT2D eigenvalue weighted by Gasteiger charge is -2.42. The Morgan fingerprint density at radius 2 is 2.10 bits per heavy atom. The van der Waals surface area contributed by atoms with E-state index in [1.807, 2.05) is 11.8 Å². The number of nitrogens with one attached hydrogen (secondary N) is 1. The maximum atomic E-state index is 12.6. The number of amides is 1. The highest BCUT2D eigenvalue weighted by Gasteiger charge is 2.32. The number of β-amino-alcohol motifs (C(OH)–C–C–N with tert-alkyl or cyclic N) is 1. The number of carbonyl (C=O) groups excluding carboxylic acids is 1. The summed E-state index contributed by atoms with van der Waals surface area (Å²) in [6.07, 6.45) is 1.62. The zero-order valence-electron chi connectivity index (χ0n) is 13.4. The number of hydrogen-bond donors (Lipinski definition) is 2. The molecule has 0 aromatic heterocycles. The van der Waals surface area contributed by atoms with Crippen LogP contribution in [-0.4, -0.2) is 71.7 Å². The van der Waals surface area contributed by atoms with Crippen molar-refractivity contribution in [3.05, 3.63) is 0 Å². The third kappa shape index (κ3) is 5.09. The second-order valence-electron chi connectivity index (χ2n) is 6.55. The Balaban J connectivity index is 0.00000220. The molecule has 124 valence electrons. The van der Waals surface area contributed by atoms with Gasteiger partial charge in [0.05, 0.1) is 6.10 Å². The second-order valence-corrected chi connectivity index (χ2v) is 6.55. The van der Waals surface area contributed by atoms with Crippen LogP contribution in [0.15, 0.2) is 0 Å². The molecule has 21 heavy (non-hydrogen) atoms. The minimum atomic E-state index is -0.301. The molecular weight excluding hydrogens is 290 g/mol. The summed E-state index contributed by atoms with van der Waals surface area (Å²) in [4.78, 5) is 16.9. The molecule has 1 amide bonds. The van der Waals surface area contributed by atoms with Crippen LogP contribution >= 0.6 is 12.4 Å². The van der Waals surface area contributed by atoms with Crippen LogP contribution in [0.3, 0.4) is 0 Å². The first-order valence-corrected chi connectivity index (χ1v) is 7.91. The fraction of sp³-hybridized carbons (Fsp3) is 0.933. The van der Waals surface area contributed by atoms with Crippen LogP contribution in [0.1, 0.15) is 33.6 Å². The molecule has 2 aliphatic rings. The molecule has 2 fully saturated rings. The maximum Gasteiger partial charge on any atom is 0.225 e. The Labute approximate surface area is 134 Å². The van der Waals surface area contributed by atoms with E-state index < -0.39 is 0 Å². The van der Waals surface area contributed by atoms with E-state index in [4.69, 9.17) is 0 Å². The van der Waals surface area contributed by atoms with E-state index in [1.165, 1.54) is 0 Å². The van der Waals surface area contributed by atoms with Gasteiger partial charge in [0, 0.05) is 44.2 Å². The fourth-order valence-electron chi connectivity index (χ4n) is 3.42. The van der Waals surface area contributed by atoms with Gasteiger partial charge in [-0.1, -0.05) is 0 Å². The summed E-state index contributed by atoms with van der Waals surface area (Å²) >= 11 is 0. The molecule has 6 heteroatoms. The quantitative estimate of drug-likeness (QED) is 0.804. The first kappa shape index (κ1) is 18.7. The van der Waals surface area contributed by atoms with Crippen molar-refractivity contribution in [1.29, 1.82) is 0 Å². The molecule has 2 unspecified atom stereocenters. The molecule has 2 saturated heterocycles. The van der Waals surface area contributed by atoms with E-state index in [0.29, 0.717) is 24.5 Å². The lowest BCUT2D eigenvalue weighted by atomic mass is 9.91. The van der Waals surface area contributed by atoms with Crippen LogP contribution in [0, 0.1) is 5.92 Å². The van der Waals surface area contributed by atoms with Crippen molar-refractivity contribution in [3.63, 3.8) is 0 Å². The molecule has 0 radical (unpaired) electrons. The van der Waals surface area contributed by atoms with E-state index in [-0.39, 0.29) is 24.4 Å². The molecule has 0 saturated carbocycles. The number of piperidine rings is 1. The van der Waals surface area contributed by atoms with Crippen molar-refractivity contribution < 1.29 is 9.90 Å². The van der Waals surface area contributed by atoms with Crippen LogP contribution < -0.4 is 5.32 Å². The number of nitrogens with zero attached hydrogens (tertiary/aromatic N) is 2. The number of aliphatic hydroxyl groups excluding tert-OH is 1. The Kier molecular flexibility index (Phi) is 7.40. The van der Waals surface area contributed by atoms with Crippen LogP contribution in [0.2, 0.25) is 0 Å². The van der Waals surface area contributed by atoms with Gasteiger partial charge in [-0.05, 0) is 40.2 Å². The minimum Gasteiger partial charge on any atom is -0.392 e. The topological polar surface area (TPSA) is 55.8 Å². The largest absolute Gasteiger partial charge is 0.392 e. The van der Waals surface area contributed by atoms with Gasteiger partial charge in [0.15, 0.2) is 0 Å². The zero-order chi connectivity index (χ0) is 14.7. The molecule has 5 nitrogen and oxygen atoms in total. The van der Waals surface area contributed by atoms with E-state index in [0.717, 1.165) is 39.0 Å². The van der Waals surface area contributed by atoms with Crippen LogP contribution in [-0.2, 0) is 4.79 Å². The SMILES string of the molecule is CC(O)CN1CCN(C(=O)[C@H]2CCN[C@@H](C)C2)CC1C.Cl. The lowest BCUT2D eigenvalue weighted by molar-refractivity contribution is -0.139. The van der Waals surface area contributed by atoms with Gasteiger partial charge >= 0.3 is 0 Å². The Morgan fingerprint density at radius 3 is 2.67 bits per heavy atom. The number of carbonyl (C=O) groups is 1. The number of rotatable bonds is 3. The number of piperazine rings is 1. The highest BCUT2D eigenvalue weighted by Crippen LogP contribution is 2.21. The smallest absolute Gasteiger partial charge is 0.225 e. The number of hydrogen-bond acceptors (Lipinski definition) is 4. The minimum absolute atomic E-state index is 0. The summed E-state index contributed by atoms with van der Waals surface area (Å²) in [5.41, 5.74) is 0. The average molecular weight is 320 g/mol. The number of halogens is 1. The molecule has 0 spiro atoms. The van der Waals surface area contributed by atoms with Crippen molar-refractivity contribution in [1.82, 2.24) is 15.1 Å². The molecule has 4 atom stereocenters. The summed E-state index contributed by atoms with van der Waals surface area (Å²) < 4.78 is 0. The summed E-state index contributed by atoms with van der Waals surface area (Å²) in [5, 5.41) is 12.9. The Bertz CT molecular complexity index is 341. The van der Waals surface area contributed by atoms with Crippen LogP contribution in [0.4, 0.5) is 0 Å². The molecule has 2 N–H and O–H groups in total. The van der Waals surface area contributed by atoms with E-state index in [9.17, 15) is 9.90 Å². The normalized spacial score (nSPS) is 32.4. The summed E-state index contributed by atoms with van der Waals surface area (Å²) in [6.45, 7) is 10.2. The van der Waals surface area contributed by atoms with Crippen molar-refractivity contribution >= 4 is 18.3 Å². The molecule has 2 heterocycles. The van der Waals surface area contributed by atoms with Gasteiger partial charge in [0.1, 0.15) is 0 Å². The average Bonchev–Trinajstić information content (AvgIpc) is 2.40. The first-order chi connectivity index (χ1) is 9.47. The van der Waals surface area contributed by atoms with E-state index in [1.54, 1.807) is 0 Å². The Hall–Kier alpha value is -0.360. The molecule has 0 aromatic rings. The number of aliphatic hydroxyl groups is 1. The van der Waals surface area contributed by atoms with Gasteiger partial charge in [-0.15, -0.1) is 12.4 Å². The highest BCUT2D eigenvalue weighted by atomic mass is 35.5. The van der Waals surface area contributed by atoms with Gasteiger partial charge in [-0.3, -0.25) is 9.69 Å². The van der Waals surface area contributed by atoms with Crippen LogP contribution in [0.5, 0.6) is 0 Å². The highest BCUT2D eigenvalue weighted by molar-refractivity contribution is 5.85. The van der Waals surface area contributed by atoms with Gasteiger partial charge in [0.2, 0.25) is 5.91 Å². The summed E-state index contributed by atoms with van der Waals surface area (Å²) in [7, 11) is 0. The molecule has 0 bridgehead atoms. The molecule has 2 aliphatic heterocycles. The lowest BCUT2D eigenvalue weighted by Crippen LogP contribution is -2.56. The van der Waals surface area contributed by atoms with Crippen LogP contribution in [0.25, 0.3) is 0 Å². The standard InChI is InChI=1S/C15H29N3O2.ClH/c1-11-8-14(4-5-16-11)15(20)18-7-6-17(10-13(3)19)12(2)9-18;/h11-14,16,19H,4-10H2,1-3H3;1H/t11-,12?,13?,14-;/m0./s1. The Morgan fingerprint density at radius 1 is 1.38 bits per heavy atom. The molecule has 2 rings (SSSR count). The van der Waals surface area contributed by atoms with Gasteiger partial charge in [-0.2, -0.15) is 0 Å². The molecule has 0 aromatic carbocycles. The third-order valence-corrected chi connectivity index (χ3v) is 4.55. The fourth-order valence-corrected chi connectivity index (χ4v) is 3.42. The van der Waals surface area contributed by atoms with Gasteiger partial charge in [0.25, 0.3) is 0 Å². The van der Waals surface area contributed by atoms with Crippen molar-refractivity contribution in [2.24, 2.45) is 5.92 Å². The third-order valence-electron chi connectivity index (χ3n) is 4.55. The summed E-state index contributed by atoms with van der Waals surface area (Å²) in [5.74, 6) is 0.531. The summed E-state index contributed by atoms with van der Waals surface area (Å²) in [6, 6.07) is 0.785. The van der Waals surface area contributed by atoms with Crippen molar-refractivity contribution in [3.8, 4) is 0 Å². The van der Waals surface area contributed by atoms with Crippen molar-refractivity contribution in [2.45, 2.75) is 51.8 Å². The zero-order valence-corrected chi connectivity index (χ0v) is 14.2. The second kappa shape index (κ2) is 8.32. The van der Waals surface area contributed by atoms with E-state index >= 15 is 0 Å². The van der Waals surface area contributed by atoms with Crippen molar-refractivity contribution in [2.75, 3.05) is 32.7 Å². The van der Waals surface area contributed by atoms with Gasteiger partial charge < -0.3 is 15.3 Å². The maximum absolute atomic E-state index is 12.6. The van der Waals surface area contributed by atoms with Gasteiger partial charge in [-0.25, -0.2) is 0 Å². The molecule has 0 aliphatic carbocycles. The monoisotopic (exact) mass is 319 g/mol. The molecular formula is C15H30ClN3O2.